The highest BCUT2D eigenvalue weighted by Gasteiger charge is 2.26. The fourth-order valence-corrected chi connectivity index (χ4v) is 3.71. The van der Waals surface area contributed by atoms with Crippen LogP contribution in [0.4, 0.5) is 16.4 Å². The van der Waals surface area contributed by atoms with Crippen LogP contribution < -0.4 is 16.0 Å². The summed E-state index contributed by atoms with van der Waals surface area (Å²) < 4.78 is 0. The molecule has 8 nitrogen and oxygen atoms in total. The first kappa shape index (κ1) is 19.7. The molecule has 4 N–H and O–H groups in total. The second-order valence-electron chi connectivity index (χ2n) is 7.22. The number of aromatic nitrogens is 2. The van der Waals surface area contributed by atoms with E-state index in [-0.39, 0.29) is 18.1 Å². The minimum atomic E-state index is -0.981. The third-order valence-electron chi connectivity index (χ3n) is 5.27. The maximum atomic E-state index is 10.8. The molecule has 8 heteroatoms. The van der Waals surface area contributed by atoms with Crippen LogP contribution in [0.15, 0.2) is 18.3 Å². The van der Waals surface area contributed by atoms with E-state index in [0.717, 1.165) is 48.7 Å². The van der Waals surface area contributed by atoms with Crippen molar-refractivity contribution in [3.63, 3.8) is 0 Å². The molecule has 3 rings (SSSR count). The number of carboxylic acid groups (broad SMARTS) is 1. The number of carbonyl (C=O) groups is 1. The van der Waals surface area contributed by atoms with Crippen LogP contribution >= 0.6 is 0 Å². The molecular weight excluding hydrogens is 356 g/mol. The van der Waals surface area contributed by atoms with Crippen molar-refractivity contribution in [2.45, 2.75) is 64.1 Å². The van der Waals surface area contributed by atoms with Gasteiger partial charge in [0.05, 0.1) is 0 Å². The number of hydrogen-bond donors (Lipinski definition) is 4. The molecule has 0 aliphatic heterocycles. The Hall–Kier alpha value is -3.08. The Kier molecular flexibility index (Phi) is 6.14. The van der Waals surface area contributed by atoms with Gasteiger partial charge in [-0.05, 0) is 44.2 Å². The molecule has 1 aliphatic rings. The fourth-order valence-electron chi connectivity index (χ4n) is 3.71. The molecule has 0 saturated heterocycles. The minimum Gasteiger partial charge on any atom is -0.465 e. The van der Waals surface area contributed by atoms with Crippen LogP contribution in [0.2, 0.25) is 0 Å². The molecule has 2 aromatic heterocycles. The molecule has 0 spiro atoms. The largest absolute Gasteiger partial charge is 0.465 e. The molecule has 0 bridgehead atoms. The van der Waals surface area contributed by atoms with Crippen LogP contribution in [0.3, 0.4) is 0 Å². The van der Waals surface area contributed by atoms with Gasteiger partial charge in [0.15, 0.2) is 0 Å². The topological polar surface area (TPSA) is 123 Å². The van der Waals surface area contributed by atoms with Crippen LogP contribution in [0, 0.1) is 11.3 Å². The van der Waals surface area contributed by atoms with E-state index >= 15 is 0 Å². The number of nitriles is 1. The van der Waals surface area contributed by atoms with Crippen molar-refractivity contribution in [3.05, 3.63) is 24.0 Å². The highest BCUT2D eigenvalue weighted by atomic mass is 16.4. The quantitative estimate of drug-likeness (QED) is 0.575. The molecule has 0 unspecified atom stereocenters. The van der Waals surface area contributed by atoms with Crippen LogP contribution in [0.1, 0.15) is 51.6 Å². The molecule has 2 heterocycles. The zero-order chi connectivity index (χ0) is 20.1. The van der Waals surface area contributed by atoms with Gasteiger partial charge in [-0.1, -0.05) is 13.8 Å². The van der Waals surface area contributed by atoms with E-state index < -0.39 is 6.09 Å². The first-order valence-corrected chi connectivity index (χ1v) is 9.75. The predicted octanol–water partition coefficient (Wildman–Crippen LogP) is 3.70. The number of fused-ring (bicyclic) bond motifs is 1. The molecule has 0 aromatic carbocycles. The van der Waals surface area contributed by atoms with Gasteiger partial charge in [-0.3, -0.25) is 0 Å². The highest BCUT2D eigenvalue weighted by molar-refractivity contribution is 5.93. The molecule has 1 fully saturated rings. The maximum absolute atomic E-state index is 10.8. The van der Waals surface area contributed by atoms with E-state index in [9.17, 15) is 10.1 Å². The monoisotopic (exact) mass is 382 g/mol. The highest BCUT2D eigenvalue weighted by Crippen LogP contribution is 2.28. The van der Waals surface area contributed by atoms with E-state index in [0.29, 0.717) is 11.5 Å². The number of rotatable bonds is 7. The Balaban J connectivity index is 1.83. The van der Waals surface area contributed by atoms with Crippen LogP contribution in [0.25, 0.3) is 10.8 Å². The molecule has 2 aromatic rings. The van der Waals surface area contributed by atoms with Gasteiger partial charge in [-0.15, -0.1) is 0 Å². The summed E-state index contributed by atoms with van der Waals surface area (Å²) in [4.78, 5) is 19.8. The average Bonchev–Trinajstić information content (AvgIpc) is 3.11. The number of hydrogen-bond acceptors (Lipinski definition) is 6. The molecule has 1 amide bonds. The van der Waals surface area contributed by atoms with Crippen molar-refractivity contribution in [1.82, 2.24) is 15.3 Å². The smallest absolute Gasteiger partial charge is 0.404 e. The van der Waals surface area contributed by atoms with E-state index in [1.807, 2.05) is 6.07 Å². The van der Waals surface area contributed by atoms with Crippen molar-refractivity contribution in [1.29, 1.82) is 5.26 Å². The van der Waals surface area contributed by atoms with Crippen molar-refractivity contribution in [3.8, 4) is 6.07 Å². The number of pyridine rings is 2. The van der Waals surface area contributed by atoms with Crippen LogP contribution in [-0.2, 0) is 0 Å². The number of anilines is 2. The van der Waals surface area contributed by atoms with Crippen LogP contribution in [0.5, 0.6) is 0 Å². The summed E-state index contributed by atoms with van der Waals surface area (Å²) in [6, 6.07) is 6.23. The van der Waals surface area contributed by atoms with Crippen molar-refractivity contribution in [2.24, 2.45) is 0 Å². The molecule has 1 saturated carbocycles. The molecule has 148 valence electrons. The molecule has 2 atom stereocenters. The lowest BCUT2D eigenvalue weighted by atomic mass is 10.1. The lowest BCUT2D eigenvalue weighted by Crippen LogP contribution is -2.32. The molecule has 28 heavy (non-hydrogen) atoms. The zero-order valence-electron chi connectivity index (χ0n) is 16.2. The van der Waals surface area contributed by atoms with E-state index in [1.165, 1.54) is 0 Å². The standard InChI is InChI=1S/C20H26N6O2/c1-3-13(4-2)24-19-17-9-18(22-11-12(17)7-16(10-21)25-19)23-14-5-6-15(8-14)26-20(27)28/h7,9,11,13-15,26H,3-6,8H2,1-2H3,(H,22,23)(H,24,25)(H,27,28)/t14-,15-/m0/s1. The third-order valence-corrected chi connectivity index (χ3v) is 5.27. The first-order chi connectivity index (χ1) is 13.5. The van der Waals surface area contributed by atoms with Gasteiger partial charge in [0.25, 0.3) is 0 Å². The van der Waals surface area contributed by atoms with Gasteiger partial charge in [0.2, 0.25) is 0 Å². The lowest BCUT2D eigenvalue weighted by Gasteiger charge is -2.18. The number of amides is 1. The predicted molar refractivity (Wildman–Crippen MR) is 108 cm³/mol. The minimum absolute atomic E-state index is 0.0256. The van der Waals surface area contributed by atoms with Gasteiger partial charge in [0, 0.05) is 35.1 Å². The van der Waals surface area contributed by atoms with Gasteiger partial charge in [-0.25, -0.2) is 14.8 Å². The summed E-state index contributed by atoms with van der Waals surface area (Å²) in [6.07, 6.45) is 5.13. The van der Waals surface area contributed by atoms with Crippen molar-refractivity contribution >= 4 is 28.5 Å². The zero-order valence-corrected chi connectivity index (χ0v) is 16.2. The van der Waals surface area contributed by atoms with E-state index in [4.69, 9.17) is 5.11 Å². The Morgan fingerprint density at radius 2 is 2.07 bits per heavy atom. The molecule has 0 radical (unpaired) electrons. The summed E-state index contributed by atoms with van der Waals surface area (Å²) in [7, 11) is 0. The average molecular weight is 382 g/mol. The molecular formula is C20H26N6O2. The lowest BCUT2D eigenvalue weighted by molar-refractivity contribution is 0.190. The van der Waals surface area contributed by atoms with E-state index in [2.05, 4.69) is 45.8 Å². The molecule has 1 aliphatic carbocycles. The van der Waals surface area contributed by atoms with E-state index in [1.54, 1.807) is 12.3 Å². The van der Waals surface area contributed by atoms with Gasteiger partial charge < -0.3 is 21.1 Å². The van der Waals surface area contributed by atoms with Gasteiger partial charge >= 0.3 is 6.09 Å². The summed E-state index contributed by atoms with van der Waals surface area (Å²) in [5.74, 6) is 1.43. The fraction of sp³-hybridized carbons (Fsp3) is 0.500. The summed E-state index contributed by atoms with van der Waals surface area (Å²) in [5.41, 5.74) is 0.363. The van der Waals surface area contributed by atoms with Gasteiger partial charge in [-0.2, -0.15) is 5.26 Å². The van der Waals surface area contributed by atoms with Crippen molar-refractivity contribution < 1.29 is 9.90 Å². The third kappa shape index (κ3) is 4.60. The van der Waals surface area contributed by atoms with Gasteiger partial charge in [0.1, 0.15) is 23.4 Å². The summed E-state index contributed by atoms with van der Waals surface area (Å²) in [6.45, 7) is 4.24. The Bertz CT molecular complexity index is 890. The Morgan fingerprint density at radius 3 is 2.75 bits per heavy atom. The summed E-state index contributed by atoms with van der Waals surface area (Å²) in [5, 5.41) is 29.3. The first-order valence-electron chi connectivity index (χ1n) is 9.75. The van der Waals surface area contributed by atoms with Crippen molar-refractivity contribution in [2.75, 3.05) is 10.6 Å². The number of nitrogens with zero attached hydrogens (tertiary/aromatic N) is 3. The van der Waals surface area contributed by atoms with Crippen LogP contribution in [-0.4, -0.2) is 39.3 Å². The maximum Gasteiger partial charge on any atom is 0.404 e. The SMILES string of the molecule is CCC(CC)Nc1nc(C#N)cc2cnc(N[C@H]3CC[C@H](NC(=O)O)C3)cc12. The normalized spacial score (nSPS) is 18.8. The summed E-state index contributed by atoms with van der Waals surface area (Å²) >= 11 is 0. The second kappa shape index (κ2) is 8.74. The number of nitrogens with one attached hydrogen (secondary N) is 3. The second-order valence-corrected chi connectivity index (χ2v) is 7.22. The Labute approximate surface area is 164 Å². The Morgan fingerprint density at radius 1 is 1.32 bits per heavy atom.